The summed E-state index contributed by atoms with van der Waals surface area (Å²) in [4.78, 5) is 15.5. The number of carbonyl (C=O) groups excluding carboxylic acids is 1. The number of nitrogens with zero attached hydrogens (tertiary/aromatic N) is 1. The number of carbonyl (C=O) groups is 1. The highest BCUT2D eigenvalue weighted by atomic mass is 32.1. The Kier molecular flexibility index (Phi) is 5.96. The Balaban J connectivity index is 1.67. The first kappa shape index (κ1) is 17.8. The molecule has 3 aromatic rings. The highest BCUT2D eigenvalue weighted by Gasteiger charge is 2.19. The van der Waals surface area contributed by atoms with Gasteiger partial charge in [0, 0.05) is 11.4 Å². The molecule has 3 rings (SSSR count). The van der Waals surface area contributed by atoms with Crippen LogP contribution in [0, 0.1) is 5.82 Å². The van der Waals surface area contributed by atoms with E-state index in [-0.39, 0.29) is 17.8 Å². The van der Waals surface area contributed by atoms with Gasteiger partial charge in [0.15, 0.2) is 0 Å². The molecule has 0 aliphatic heterocycles. The minimum Gasteiger partial charge on any atom is -0.343 e. The molecule has 6 heteroatoms. The Morgan fingerprint density at radius 1 is 1.20 bits per heavy atom. The second-order valence-electron chi connectivity index (χ2n) is 5.87. The predicted molar refractivity (Wildman–Crippen MR) is 101 cm³/mol. The number of amides is 1. The van der Waals surface area contributed by atoms with Crippen molar-refractivity contribution in [2.24, 2.45) is 0 Å². The number of hydrogen-bond acceptors (Lipinski definition) is 4. The van der Waals surface area contributed by atoms with Crippen molar-refractivity contribution in [2.75, 3.05) is 13.6 Å². The minimum atomic E-state index is -0.282. The predicted octanol–water partition coefficient (Wildman–Crippen LogP) is 4.29. The fraction of sp³-hybridized carbons (Fsp3) is 0.211. The van der Waals surface area contributed by atoms with Gasteiger partial charge in [0.05, 0.1) is 12.6 Å². The van der Waals surface area contributed by atoms with E-state index in [1.165, 1.54) is 17.7 Å². The second kappa shape index (κ2) is 8.38. The van der Waals surface area contributed by atoms with E-state index < -0.39 is 0 Å². The van der Waals surface area contributed by atoms with Crippen molar-refractivity contribution < 1.29 is 9.18 Å². The van der Waals surface area contributed by atoms with Gasteiger partial charge in [-0.3, -0.25) is 9.69 Å². The van der Waals surface area contributed by atoms with Crippen LogP contribution in [0.1, 0.15) is 22.0 Å². The molecule has 1 N–H and O–H groups in total. The molecule has 0 saturated carbocycles. The van der Waals surface area contributed by atoms with Gasteiger partial charge >= 0.3 is 0 Å². The summed E-state index contributed by atoms with van der Waals surface area (Å²) < 4.78 is 13.2. The SMILES string of the molecule is CN(CC(=O)N[C@@H](c1ccc(F)cc1)c1cccs1)Cc1ccsc1. The molecule has 0 unspecified atom stereocenters. The lowest BCUT2D eigenvalue weighted by molar-refractivity contribution is -0.122. The van der Waals surface area contributed by atoms with Gasteiger partial charge in [-0.25, -0.2) is 4.39 Å². The highest BCUT2D eigenvalue weighted by Crippen LogP contribution is 2.26. The molecule has 1 aromatic carbocycles. The van der Waals surface area contributed by atoms with Crippen LogP contribution in [-0.2, 0) is 11.3 Å². The lowest BCUT2D eigenvalue weighted by atomic mass is 10.1. The largest absolute Gasteiger partial charge is 0.343 e. The molecule has 3 nitrogen and oxygen atoms in total. The summed E-state index contributed by atoms with van der Waals surface area (Å²) in [6, 6.07) is 12.0. The number of hydrogen-bond donors (Lipinski definition) is 1. The molecule has 0 bridgehead atoms. The first-order valence-corrected chi connectivity index (χ1v) is 9.72. The van der Waals surface area contributed by atoms with Crippen LogP contribution in [0.25, 0.3) is 0 Å². The topological polar surface area (TPSA) is 32.3 Å². The smallest absolute Gasteiger partial charge is 0.234 e. The van der Waals surface area contributed by atoms with E-state index in [1.807, 2.05) is 34.8 Å². The summed E-state index contributed by atoms with van der Waals surface area (Å²) in [5.74, 6) is -0.337. The molecular weight excluding hydrogens is 355 g/mol. The summed E-state index contributed by atoms with van der Waals surface area (Å²) >= 11 is 3.23. The molecule has 1 amide bonds. The van der Waals surface area contributed by atoms with Crippen molar-refractivity contribution in [1.82, 2.24) is 10.2 Å². The van der Waals surface area contributed by atoms with Gasteiger partial charge in [0.2, 0.25) is 5.91 Å². The van der Waals surface area contributed by atoms with Gasteiger partial charge in [-0.05, 0) is 58.6 Å². The van der Waals surface area contributed by atoms with Gasteiger partial charge in [-0.1, -0.05) is 18.2 Å². The third kappa shape index (κ3) is 4.98. The zero-order valence-corrected chi connectivity index (χ0v) is 15.4. The zero-order valence-electron chi connectivity index (χ0n) is 13.8. The molecule has 0 spiro atoms. The van der Waals surface area contributed by atoms with Crippen LogP contribution in [0.5, 0.6) is 0 Å². The molecule has 0 aliphatic carbocycles. The number of nitrogens with one attached hydrogen (secondary N) is 1. The average molecular weight is 375 g/mol. The Bertz CT molecular complexity index is 785. The quantitative estimate of drug-likeness (QED) is 0.669. The van der Waals surface area contributed by atoms with E-state index in [2.05, 4.69) is 16.8 Å². The summed E-state index contributed by atoms with van der Waals surface area (Å²) in [5, 5.41) is 9.17. The maximum absolute atomic E-state index is 13.2. The molecule has 2 heterocycles. The van der Waals surface area contributed by atoms with Gasteiger partial charge in [-0.15, -0.1) is 11.3 Å². The van der Waals surface area contributed by atoms with Crippen LogP contribution in [0.3, 0.4) is 0 Å². The van der Waals surface area contributed by atoms with Gasteiger partial charge < -0.3 is 5.32 Å². The fourth-order valence-corrected chi connectivity index (χ4v) is 4.09. The first-order valence-electron chi connectivity index (χ1n) is 7.89. The van der Waals surface area contributed by atoms with Gasteiger partial charge in [0.25, 0.3) is 0 Å². The summed E-state index contributed by atoms with van der Waals surface area (Å²) in [6.45, 7) is 1.04. The molecule has 1 atom stereocenters. The van der Waals surface area contributed by atoms with E-state index in [0.717, 1.165) is 17.0 Å². The molecular formula is C19H19FN2OS2. The van der Waals surface area contributed by atoms with E-state index in [4.69, 9.17) is 0 Å². The first-order chi connectivity index (χ1) is 12.1. The zero-order chi connectivity index (χ0) is 17.6. The van der Waals surface area contributed by atoms with E-state index in [9.17, 15) is 9.18 Å². The maximum Gasteiger partial charge on any atom is 0.234 e. The Morgan fingerprint density at radius 3 is 2.64 bits per heavy atom. The lowest BCUT2D eigenvalue weighted by Crippen LogP contribution is -2.37. The number of rotatable bonds is 7. The molecule has 2 aromatic heterocycles. The number of halogens is 1. The highest BCUT2D eigenvalue weighted by molar-refractivity contribution is 7.10. The monoisotopic (exact) mass is 374 g/mol. The summed E-state index contributed by atoms with van der Waals surface area (Å²) in [7, 11) is 1.93. The standard InChI is InChI=1S/C19H19FN2OS2/c1-22(11-14-8-10-24-13-14)12-18(23)21-19(17-3-2-9-25-17)15-4-6-16(20)7-5-15/h2-10,13,19H,11-12H2,1H3,(H,21,23)/t19-/m0/s1. The maximum atomic E-state index is 13.2. The van der Waals surface area contributed by atoms with Crippen LogP contribution in [-0.4, -0.2) is 24.4 Å². The normalized spacial score (nSPS) is 12.3. The number of likely N-dealkylation sites (N-methyl/N-ethyl adjacent to an activating group) is 1. The van der Waals surface area contributed by atoms with E-state index in [1.54, 1.807) is 34.8 Å². The van der Waals surface area contributed by atoms with E-state index in [0.29, 0.717) is 6.54 Å². The molecule has 0 saturated heterocycles. The Labute approximate surface area is 154 Å². The Hall–Kier alpha value is -2.02. The molecule has 0 aliphatic rings. The van der Waals surface area contributed by atoms with Crippen LogP contribution in [0.15, 0.2) is 58.6 Å². The summed E-state index contributed by atoms with van der Waals surface area (Å²) in [6.07, 6.45) is 0. The van der Waals surface area contributed by atoms with Crippen molar-refractivity contribution in [1.29, 1.82) is 0 Å². The molecule has 0 radical (unpaired) electrons. The summed E-state index contributed by atoms with van der Waals surface area (Å²) in [5.41, 5.74) is 2.08. The van der Waals surface area contributed by atoms with Crippen LogP contribution in [0.2, 0.25) is 0 Å². The van der Waals surface area contributed by atoms with Crippen LogP contribution >= 0.6 is 22.7 Å². The number of benzene rings is 1. The third-order valence-electron chi connectivity index (χ3n) is 3.78. The third-order valence-corrected chi connectivity index (χ3v) is 5.45. The van der Waals surface area contributed by atoms with Crippen LogP contribution < -0.4 is 5.32 Å². The average Bonchev–Trinajstić information content (AvgIpc) is 3.27. The fourth-order valence-electron chi connectivity index (χ4n) is 2.63. The Morgan fingerprint density at radius 2 is 2.00 bits per heavy atom. The van der Waals surface area contributed by atoms with Gasteiger partial charge in [0.1, 0.15) is 5.82 Å². The van der Waals surface area contributed by atoms with Crippen molar-refractivity contribution in [3.63, 3.8) is 0 Å². The molecule has 0 fully saturated rings. The van der Waals surface area contributed by atoms with Gasteiger partial charge in [-0.2, -0.15) is 11.3 Å². The second-order valence-corrected chi connectivity index (χ2v) is 7.63. The minimum absolute atomic E-state index is 0.0551. The van der Waals surface area contributed by atoms with E-state index >= 15 is 0 Å². The van der Waals surface area contributed by atoms with Crippen molar-refractivity contribution in [3.05, 3.63) is 80.4 Å². The van der Waals surface area contributed by atoms with Crippen molar-refractivity contribution in [3.8, 4) is 0 Å². The van der Waals surface area contributed by atoms with Crippen molar-refractivity contribution >= 4 is 28.6 Å². The number of thiophene rings is 2. The van der Waals surface area contributed by atoms with Crippen molar-refractivity contribution in [2.45, 2.75) is 12.6 Å². The van der Waals surface area contributed by atoms with Crippen LogP contribution in [0.4, 0.5) is 4.39 Å². The molecule has 25 heavy (non-hydrogen) atoms. The lowest BCUT2D eigenvalue weighted by Gasteiger charge is -2.21. The molecule has 130 valence electrons.